The third-order valence-electron chi connectivity index (χ3n) is 3.99. The summed E-state index contributed by atoms with van der Waals surface area (Å²) in [6, 6.07) is 7.29. The number of aliphatic hydroxyl groups is 3. The molecule has 22 heavy (non-hydrogen) atoms. The third-order valence-corrected chi connectivity index (χ3v) is 3.99. The smallest absolute Gasteiger partial charge is 0.257 e. The molecule has 2 unspecified atom stereocenters. The van der Waals surface area contributed by atoms with Gasteiger partial charge in [0.2, 0.25) is 0 Å². The summed E-state index contributed by atoms with van der Waals surface area (Å²) >= 11 is 0. The predicted octanol–water partition coefficient (Wildman–Crippen LogP) is 0.194. The molecule has 0 fully saturated rings. The average molecular weight is 307 g/mol. The zero-order valence-electron chi connectivity index (χ0n) is 12.9. The first kappa shape index (κ1) is 16.5. The third kappa shape index (κ3) is 2.72. The quantitative estimate of drug-likeness (QED) is 0.733. The Kier molecular flexibility index (Phi) is 4.55. The lowest BCUT2D eigenvalue weighted by Gasteiger charge is -2.27. The Balaban J connectivity index is 2.63. The Labute approximate surface area is 128 Å². The van der Waals surface area contributed by atoms with Gasteiger partial charge in [0, 0.05) is 18.9 Å². The fourth-order valence-electron chi connectivity index (χ4n) is 2.46. The van der Waals surface area contributed by atoms with Crippen molar-refractivity contribution in [3.05, 3.63) is 40.2 Å². The molecule has 1 heterocycles. The lowest BCUT2D eigenvalue weighted by molar-refractivity contribution is -0.0914. The van der Waals surface area contributed by atoms with Crippen LogP contribution in [0.1, 0.15) is 12.5 Å². The molecule has 0 spiro atoms. The van der Waals surface area contributed by atoms with Gasteiger partial charge in [0.25, 0.3) is 5.56 Å². The summed E-state index contributed by atoms with van der Waals surface area (Å²) in [5.74, 6) is 0.381. The highest BCUT2D eigenvalue weighted by Gasteiger charge is 2.31. The summed E-state index contributed by atoms with van der Waals surface area (Å²) in [5.41, 5.74) is -1.01. The molecule has 3 N–H and O–H groups in total. The van der Waals surface area contributed by atoms with E-state index in [1.54, 1.807) is 7.05 Å². The minimum Gasteiger partial charge on any atom is -0.496 e. The van der Waals surface area contributed by atoms with Gasteiger partial charge < -0.3 is 24.6 Å². The van der Waals surface area contributed by atoms with Crippen molar-refractivity contribution in [2.45, 2.75) is 25.0 Å². The van der Waals surface area contributed by atoms with Crippen LogP contribution >= 0.6 is 0 Å². The summed E-state index contributed by atoms with van der Waals surface area (Å²) in [6.07, 6.45) is -1.41. The van der Waals surface area contributed by atoms with Crippen LogP contribution in [0.5, 0.6) is 5.75 Å². The molecule has 6 heteroatoms. The number of hydrogen-bond acceptors (Lipinski definition) is 5. The van der Waals surface area contributed by atoms with Crippen LogP contribution in [0.25, 0.3) is 10.9 Å². The molecule has 2 aromatic rings. The maximum absolute atomic E-state index is 12.5. The van der Waals surface area contributed by atoms with Crippen molar-refractivity contribution in [1.82, 2.24) is 4.57 Å². The molecule has 1 aromatic heterocycles. The van der Waals surface area contributed by atoms with E-state index in [-0.39, 0.29) is 17.5 Å². The maximum Gasteiger partial charge on any atom is 0.257 e. The summed E-state index contributed by atoms with van der Waals surface area (Å²) in [4.78, 5) is 12.5. The van der Waals surface area contributed by atoms with Gasteiger partial charge in [-0.05, 0) is 19.1 Å². The van der Waals surface area contributed by atoms with Crippen LogP contribution in [0.4, 0.5) is 0 Å². The van der Waals surface area contributed by atoms with Crippen molar-refractivity contribution in [3.63, 3.8) is 0 Å². The van der Waals surface area contributed by atoms with Crippen molar-refractivity contribution in [2.75, 3.05) is 13.7 Å². The monoisotopic (exact) mass is 307 g/mol. The SMILES string of the molecule is COc1c(CC(O)C(C)(O)CO)c(=O)n(C)c2ccccc12. The van der Waals surface area contributed by atoms with Crippen LogP contribution in [0.3, 0.4) is 0 Å². The molecule has 0 saturated carbocycles. The van der Waals surface area contributed by atoms with E-state index < -0.39 is 18.3 Å². The Morgan fingerprint density at radius 1 is 1.36 bits per heavy atom. The largest absolute Gasteiger partial charge is 0.496 e. The van der Waals surface area contributed by atoms with Crippen molar-refractivity contribution in [1.29, 1.82) is 0 Å². The number of methoxy groups -OCH3 is 1. The molecule has 120 valence electrons. The summed E-state index contributed by atoms with van der Waals surface area (Å²) < 4.78 is 6.85. The molecule has 2 rings (SSSR count). The highest BCUT2D eigenvalue weighted by atomic mass is 16.5. The van der Waals surface area contributed by atoms with E-state index in [0.717, 1.165) is 10.9 Å². The Morgan fingerprint density at radius 3 is 2.59 bits per heavy atom. The van der Waals surface area contributed by atoms with Crippen molar-refractivity contribution >= 4 is 10.9 Å². The number of benzene rings is 1. The molecule has 0 radical (unpaired) electrons. The Hall–Kier alpha value is -1.89. The Morgan fingerprint density at radius 2 is 2.00 bits per heavy atom. The number of aryl methyl sites for hydroxylation is 1. The minimum absolute atomic E-state index is 0.117. The van der Waals surface area contributed by atoms with Crippen LogP contribution < -0.4 is 10.3 Å². The molecule has 0 aliphatic heterocycles. The zero-order valence-corrected chi connectivity index (χ0v) is 12.9. The second kappa shape index (κ2) is 6.08. The van der Waals surface area contributed by atoms with E-state index in [1.807, 2.05) is 24.3 Å². The first-order chi connectivity index (χ1) is 10.3. The van der Waals surface area contributed by atoms with E-state index in [0.29, 0.717) is 5.75 Å². The number of ether oxygens (including phenoxy) is 1. The van der Waals surface area contributed by atoms with Gasteiger partial charge in [-0.1, -0.05) is 12.1 Å². The molecule has 0 aliphatic carbocycles. The summed E-state index contributed by atoms with van der Waals surface area (Å²) in [7, 11) is 3.10. The van der Waals surface area contributed by atoms with E-state index in [4.69, 9.17) is 9.84 Å². The van der Waals surface area contributed by atoms with E-state index in [9.17, 15) is 15.0 Å². The van der Waals surface area contributed by atoms with Gasteiger partial charge in [-0.2, -0.15) is 0 Å². The van der Waals surface area contributed by atoms with E-state index in [2.05, 4.69) is 0 Å². The lowest BCUT2D eigenvalue weighted by atomic mass is 9.93. The van der Waals surface area contributed by atoms with Crippen molar-refractivity contribution in [2.24, 2.45) is 7.05 Å². The molecule has 0 bridgehead atoms. The Bertz CT molecular complexity index is 735. The van der Waals surface area contributed by atoms with Crippen molar-refractivity contribution in [3.8, 4) is 5.75 Å². The first-order valence-corrected chi connectivity index (χ1v) is 6.99. The lowest BCUT2D eigenvalue weighted by Crippen LogP contribution is -2.45. The number of nitrogens with zero attached hydrogens (tertiary/aromatic N) is 1. The number of hydrogen-bond donors (Lipinski definition) is 3. The normalized spacial score (nSPS) is 15.5. The molecule has 0 saturated heterocycles. The topological polar surface area (TPSA) is 91.9 Å². The van der Waals surface area contributed by atoms with Gasteiger partial charge in [0.15, 0.2) is 0 Å². The number of fused-ring (bicyclic) bond motifs is 1. The summed E-state index contributed by atoms with van der Waals surface area (Å²) in [5, 5.41) is 30.0. The highest BCUT2D eigenvalue weighted by molar-refractivity contribution is 5.86. The van der Waals surface area contributed by atoms with Crippen LogP contribution in [-0.4, -0.2) is 45.3 Å². The molecular formula is C16H21NO5. The number of rotatable bonds is 5. The van der Waals surface area contributed by atoms with Crippen molar-refractivity contribution < 1.29 is 20.1 Å². The van der Waals surface area contributed by atoms with Crippen LogP contribution in [0.2, 0.25) is 0 Å². The molecule has 0 aliphatic rings. The molecular weight excluding hydrogens is 286 g/mol. The number of aliphatic hydroxyl groups excluding tert-OH is 2. The summed E-state index contributed by atoms with van der Waals surface area (Å²) in [6.45, 7) is 0.708. The van der Waals surface area contributed by atoms with E-state index >= 15 is 0 Å². The number of para-hydroxylation sites is 1. The fourth-order valence-corrected chi connectivity index (χ4v) is 2.46. The van der Waals surface area contributed by atoms with Gasteiger partial charge in [0.1, 0.15) is 11.4 Å². The maximum atomic E-state index is 12.5. The van der Waals surface area contributed by atoms with E-state index in [1.165, 1.54) is 18.6 Å². The van der Waals surface area contributed by atoms with Gasteiger partial charge in [-0.25, -0.2) is 0 Å². The number of pyridine rings is 1. The van der Waals surface area contributed by atoms with Gasteiger partial charge in [-0.15, -0.1) is 0 Å². The van der Waals surface area contributed by atoms with Gasteiger partial charge in [0.05, 0.1) is 30.9 Å². The van der Waals surface area contributed by atoms with Gasteiger partial charge >= 0.3 is 0 Å². The first-order valence-electron chi connectivity index (χ1n) is 6.99. The van der Waals surface area contributed by atoms with Gasteiger partial charge in [-0.3, -0.25) is 4.79 Å². The average Bonchev–Trinajstić information content (AvgIpc) is 2.52. The van der Waals surface area contributed by atoms with Crippen LogP contribution in [-0.2, 0) is 13.5 Å². The molecule has 1 aromatic carbocycles. The van der Waals surface area contributed by atoms with Crippen LogP contribution in [0.15, 0.2) is 29.1 Å². The molecule has 6 nitrogen and oxygen atoms in total. The number of aromatic nitrogens is 1. The fraction of sp³-hybridized carbons (Fsp3) is 0.438. The molecule has 0 amide bonds. The van der Waals surface area contributed by atoms with Crippen LogP contribution in [0, 0.1) is 0 Å². The second-order valence-electron chi connectivity index (χ2n) is 5.63. The second-order valence-corrected chi connectivity index (χ2v) is 5.63. The predicted molar refractivity (Wildman–Crippen MR) is 83.2 cm³/mol. The standard InChI is InChI=1S/C16H21NO5/c1-16(21,9-18)13(19)8-11-14(22-3)10-6-4-5-7-12(10)17(2)15(11)20/h4-7,13,18-19,21H,8-9H2,1-3H3. The highest BCUT2D eigenvalue weighted by Crippen LogP contribution is 2.28. The minimum atomic E-state index is -1.69. The zero-order chi connectivity index (χ0) is 16.5. The molecule has 2 atom stereocenters.